The maximum atomic E-state index is 5.93. The van der Waals surface area contributed by atoms with Crippen LogP contribution < -0.4 is 10.6 Å². The maximum Gasteiger partial charge on any atom is 0.191 e. The molecule has 5 heteroatoms. The average Bonchev–Trinajstić information content (AvgIpc) is 2.71. The summed E-state index contributed by atoms with van der Waals surface area (Å²) >= 11 is 5.93. The number of nitrogens with zero attached hydrogens (tertiary/aromatic N) is 2. The summed E-state index contributed by atoms with van der Waals surface area (Å²) in [7, 11) is 1.84. The van der Waals surface area contributed by atoms with Gasteiger partial charge in [0.25, 0.3) is 0 Å². The number of guanidine groups is 1. The molecule has 0 atom stereocenters. The lowest BCUT2D eigenvalue weighted by Gasteiger charge is -2.33. The molecule has 3 rings (SSSR count). The van der Waals surface area contributed by atoms with Crippen molar-refractivity contribution in [3.63, 3.8) is 0 Å². The molecule has 0 bridgehead atoms. The van der Waals surface area contributed by atoms with Crippen molar-refractivity contribution in [1.82, 2.24) is 15.5 Å². The Bertz CT molecular complexity index is 707. The molecule has 0 unspecified atom stereocenters. The molecule has 0 saturated carbocycles. The smallest absolute Gasteiger partial charge is 0.191 e. The van der Waals surface area contributed by atoms with Crippen LogP contribution >= 0.6 is 11.6 Å². The Morgan fingerprint density at radius 3 is 2.41 bits per heavy atom. The van der Waals surface area contributed by atoms with Crippen molar-refractivity contribution in [3.8, 4) is 0 Å². The summed E-state index contributed by atoms with van der Waals surface area (Å²) < 4.78 is 0. The third-order valence-corrected chi connectivity index (χ3v) is 5.27. The van der Waals surface area contributed by atoms with Gasteiger partial charge in [0.1, 0.15) is 0 Å². The Balaban J connectivity index is 1.37. The van der Waals surface area contributed by atoms with E-state index in [1.807, 2.05) is 19.2 Å². The first-order valence-electron chi connectivity index (χ1n) is 9.71. The van der Waals surface area contributed by atoms with Crippen LogP contribution in [0.2, 0.25) is 5.02 Å². The molecule has 2 N–H and O–H groups in total. The Morgan fingerprint density at radius 2 is 1.74 bits per heavy atom. The minimum Gasteiger partial charge on any atom is -0.356 e. The second-order valence-electron chi connectivity index (χ2n) is 7.06. The highest BCUT2D eigenvalue weighted by Crippen LogP contribution is 2.14. The molecule has 144 valence electrons. The zero-order valence-corrected chi connectivity index (χ0v) is 16.8. The van der Waals surface area contributed by atoms with Gasteiger partial charge < -0.3 is 10.6 Å². The topological polar surface area (TPSA) is 39.7 Å². The second kappa shape index (κ2) is 10.3. The van der Waals surface area contributed by atoms with E-state index < -0.39 is 0 Å². The fourth-order valence-electron chi connectivity index (χ4n) is 3.44. The lowest BCUT2D eigenvalue weighted by molar-refractivity contribution is 0.198. The highest BCUT2D eigenvalue weighted by Gasteiger charge is 2.19. The molecule has 4 nitrogen and oxygen atoms in total. The van der Waals surface area contributed by atoms with Gasteiger partial charge in [0.2, 0.25) is 0 Å². The van der Waals surface area contributed by atoms with Crippen LogP contribution in [-0.4, -0.2) is 43.6 Å². The van der Waals surface area contributed by atoms with E-state index in [-0.39, 0.29) is 0 Å². The van der Waals surface area contributed by atoms with Gasteiger partial charge in [-0.2, -0.15) is 0 Å². The summed E-state index contributed by atoms with van der Waals surface area (Å²) in [6.45, 7) is 4.14. The Morgan fingerprint density at radius 1 is 1.04 bits per heavy atom. The van der Waals surface area contributed by atoms with Crippen LogP contribution in [-0.2, 0) is 13.0 Å². The quantitative estimate of drug-likeness (QED) is 0.589. The number of likely N-dealkylation sites (tertiary alicyclic amines) is 1. The van der Waals surface area contributed by atoms with Crippen molar-refractivity contribution in [2.24, 2.45) is 4.99 Å². The summed E-state index contributed by atoms with van der Waals surface area (Å²) in [5.74, 6) is 0.894. The number of benzene rings is 2. The normalized spacial score (nSPS) is 16.3. The summed E-state index contributed by atoms with van der Waals surface area (Å²) in [5, 5.41) is 7.78. The molecule has 0 amide bonds. The van der Waals surface area contributed by atoms with Gasteiger partial charge in [0.15, 0.2) is 5.96 Å². The molecule has 1 aliphatic rings. The molecular formula is C22H29ClN4. The van der Waals surface area contributed by atoms with Crippen molar-refractivity contribution in [3.05, 3.63) is 70.7 Å². The molecule has 1 aliphatic heterocycles. The van der Waals surface area contributed by atoms with Crippen molar-refractivity contribution in [2.45, 2.75) is 31.8 Å². The van der Waals surface area contributed by atoms with Gasteiger partial charge in [-0.15, -0.1) is 0 Å². The van der Waals surface area contributed by atoms with Gasteiger partial charge in [0.05, 0.1) is 0 Å². The lowest BCUT2D eigenvalue weighted by Crippen LogP contribution is -2.48. The molecule has 0 radical (unpaired) electrons. The molecule has 27 heavy (non-hydrogen) atoms. The highest BCUT2D eigenvalue weighted by molar-refractivity contribution is 6.30. The van der Waals surface area contributed by atoms with Crippen molar-refractivity contribution >= 4 is 17.6 Å². The minimum absolute atomic E-state index is 0.485. The highest BCUT2D eigenvalue weighted by atomic mass is 35.5. The Kier molecular flexibility index (Phi) is 7.55. The second-order valence-corrected chi connectivity index (χ2v) is 7.49. The van der Waals surface area contributed by atoms with Crippen LogP contribution in [0.5, 0.6) is 0 Å². The third kappa shape index (κ3) is 6.56. The predicted molar refractivity (Wildman–Crippen MR) is 114 cm³/mol. The van der Waals surface area contributed by atoms with E-state index in [4.69, 9.17) is 11.6 Å². The van der Waals surface area contributed by atoms with Gasteiger partial charge in [0, 0.05) is 44.3 Å². The standard InChI is InChI=1S/C22H29ClN4/c1-24-22(25-14-11-18-7-9-20(23)10-8-18)26-21-12-15-27(16-13-21)17-19-5-3-2-4-6-19/h2-10,21H,11-17H2,1H3,(H2,24,25,26). The monoisotopic (exact) mass is 384 g/mol. The number of halogens is 1. The molecule has 1 saturated heterocycles. The SMILES string of the molecule is CN=C(NCCc1ccc(Cl)cc1)NC1CCN(Cc2ccccc2)CC1. The van der Waals surface area contributed by atoms with E-state index in [2.05, 4.69) is 63.0 Å². The molecule has 0 spiro atoms. The fourth-order valence-corrected chi connectivity index (χ4v) is 3.57. The molecule has 2 aromatic rings. The summed E-state index contributed by atoms with van der Waals surface area (Å²) in [6, 6.07) is 19.2. The van der Waals surface area contributed by atoms with Crippen LogP contribution in [0, 0.1) is 0 Å². The van der Waals surface area contributed by atoms with Crippen LogP contribution in [0.15, 0.2) is 59.6 Å². The van der Waals surface area contributed by atoms with Gasteiger partial charge in [-0.25, -0.2) is 0 Å². The first-order chi connectivity index (χ1) is 13.2. The first kappa shape index (κ1) is 19.7. The van der Waals surface area contributed by atoms with Gasteiger partial charge in [-0.05, 0) is 42.5 Å². The van der Waals surface area contributed by atoms with E-state index in [1.165, 1.54) is 11.1 Å². The molecule has 0 aromatic heterocycles. The molecular weight excluding hydrogens is 356 g/mol. The van der Waals surface area contributed by atoms with E-state index in [0.29, 0.717) is 6.04 Å². The number of hydrogen-bond donors (Lipinski definition) is 2. The molecule has 2 aromatic carbocycles. The summed E-state index contributed by atoms with van der Waals surface area (Å²) in [4.78, 5) is 6.91. The fraction of sp³-hybridized carbons (Fsp3) is 0.409. The summed E-state index contributed by atoms with van der Waals surface area (Å²) in [5.41, 5.74) is 2.67. The molecule has 1 heterocycles. The Labute approximate surface area is 167 Å². The minimum atomic E-state index is 0.485. The number of piperidine rings is 1. The largest absolute Gasteiger partial charge is 0.356 e. The van der Waals surface area contributed by atoms with Crippen LogP contribution in [0.4, 0.5) is 0 Å². The zero-order valence-electron chi connectivity index (χ0n) is 16.0. The number of rotatable bonds is 6. The van der Waals surface area contributed by atoms with Crippen molar-refractivity contribution in [1.29, 1.82) is 0 Å². The maximum absolute atomic E-state index is 5.93. The van der Waals surface area contributed by atoms with Crippen molar-refractivity contribution < 1.29 is 0 Å². The van der Waals surface area contributed by atoms with Crippen LogP contribution in [0.25, 0.3) is 0 Å². The first-order valence-corrected chi connectivity index (χ1v) is 10.1. The molecule has 1 fully saturated rings. The van der Waals surface area contributed by atoms with Crippen molar-refractivity contribution in [2.75, 3.05) is 26.7 Å². The van der Waals surface area contributed by atoms with Crippen LogP contribution in [0.1, 0.15) is 24.0 Å². The van der Waals surface area contributed by atoms with E-state index in [1.54, 1.807) is 0 Å². The third-order valence-electron chi connectivity index (χ3n) is 5.02. The van der Waals surface area contributed by atoms with E-state index in [0.717, 1.165) is 56.4 Å². The van der Waals surface area contributed by atoms with Gasteiger partial charge in [-0.1, -0.05) is 54.1 Å². The van der Waals surface area contributed by atoms with Crippen LogP contribution in [0.3, 0.4) is 0 Å². The molecule has 0 aliphatic carbocycles. The Hall–Kier alpha value is -2.04. The van der Waals surface area contributed by atoms with E-state index in [9.17, 15) is 0 Å². The van der Waals surface area contributed by atoms with Gasteiger partial charge >= 0.3 is 0 Å². The average molecular weight is 385 g/mol. The summed E-state index contributed by atoms with van der Waals surface area (Å²) in [6.07, 6.45) is 3.24. The zero-order chi connectivity index (χ0) is 18.9. The van der Waals surface area contributed by atoms with Gasteiger partial charge in [-0.3, -0.25) is 9.89 Å². The number of aliphatic imine (C=N–C) groups is 1. The number of hydrogen-bond acceptors (Lipinski definition) is 2. The number of nitrogens with one attached hydrogen (secondary N) is 2. The predicted octanol–water partition coefficient (Wildman–Crippen LogP) is 3.71. The lowest BCUT2D eigenvalue weighted by atomic mass is 10.0. The van der Waals surface area contributed by atoms with E-state index >= 15 is 0 Å².